The molecular formula is C18H23N3O4S. The van der Waals surface area contributed by atoms with Crippen LogP contribution >= 0.6 is 0 Å². The summed E-state index contributed by atoms with van der Waals surface area (Å²) >= 11 is 0. The summed E-state index contributed by atoms with van der Waals surface area (Å²) in [6.07, 6.45) is 0. The van der Waals surface area contributed by atoms with Gasteiger partial charge in [0.25, 0.3) is 5.91 Å². The van der Waals surface area contributed by atoms with Gasteiger partial charge in [-0.3, -0.25) is 9.00 Å². The Morgan fingerprint density at radius 3 is 2.50 bits per heavy atom. The van der Waals surface area contributed by atoms with Crippen LogP contribution in [0.2, 0.25) is 0 Å². The molecular weight excluding hydrogens is 354 g/mol. The fourth-order valence-corrected chi connectivity index (χ4v) is 4.16. The number of amides is 1. The monoisotopic (exact) mass is 377 g/mol. The smallest absolute Gasteiger partial charge is 0.256 e. The molecule has 7 nitrogen and oxygen atoms in total. The maximum Gasteiger partial charge on any atom is 0.256 e. The second-order valence-corrected chi connectivity index (χ2v) is 8.57. The van der Waals surface area contributed by atoms with Crippen LogP contribution in [0.25, 0.3) is 0 Å². The van der Waals surface area contributed by atoms with E-state index in [0.29, 0.717) is 34.4 Å². The number of ether oxygens (including phenoxy) is 2. The van der Waals surface area contributed by atoms with Crippen LogP contribution in [-0.4, -0.2) is 34.1 Å². The van der Waals surface area contributed by atoms with Gasteiger partial charge in [0.15, 0.2) is 11.5 Å². The number of hydrogen-bond donors (Lipinski definition) is 1. The van der Waals surface area contributed by atoms with E-state index in [1.54, 1.807) is 30.0 Å². The van der Waals surface area contributed by atoms with Gasteiger partial charge in [-0.1, -0.05) is 0 Å². The summed E-state index contributed by atoms with van der Waals surface area (Å²) in [5.74, 6) is 2.20. The van der Waals surface area contributed by atoms with E-state index in [1.807, 2.05) is 20.8 Å². The van der Waals surface area contributed by atoms with Gasteiger partial charge in [0.2, 0.25) is 0 Å². The van der Waals surface area contributed by atoms with Gasteiger partial charge >= 0.3 is 0 Å². The molecule has 1 atom stereocenters. The Labute approximate surface area is 155 Å². The molecule has 0 unspecified atom stereocenters. The second-order valence-electron chi connectivity index (χ2n) is 7.11. The molecule has 8 heteroatoms. The first-order valence-corrected chi connectivity index (χ1v) is 9.73. The van der Waals surface area contributed by atoms with E-state index in [2.05, 4.69) is 10.4 Å². The van der Waals surface area contributed by atoms with Gasteiger partial charge in [0, 0.05) is 21.9 Å². The Morgan fingerprint density at radius 2 is 1.88 bits per heavy atom. The normalized spacial score (nSPS) is 16.3. The molecule has 0 fully saturated rings. The number of nitrogens with zero attached hydrogens (tertiary/aromatic N) is 2. The van der Waals surface area contributed by atoms with Crippen molar-refractivity contribution in [3.8, 4) is 11.5 Å². The zero-order valence-corrected chi connectivity index (χ0v) is 16.4. The van der Waals surface area contributed by atoms with E-state index in [1.165, 1.54) is 7.11 Å². The van der Waals surface area contributed by atoms with E-state index in [9.17, 15) is 9.00 Å². The predicted octanol–water partition coefficient (Wildman–Crippen LogP) is 2.67. The van der Waals surface area contributed by atoms with Crippen LogP contribution < -0.4 is 14.8 Å². The zero-order chi connectivity index (χ0) is 19.1. The molecule has 0 radical (unpaired) electrons. The van der Waals surface area contributed by atoms with Crippen molar-refractivity contribution in [1.29, 1.82) is 0 Å². The first kappa shape index (κ1) is 18.4. The summed E-state index contributed by atoms with van der Waals surface area (Å²) in [7, 11) is 2.10. The Hall–Kier alpha value is -2.35. The molecule has 3 rings (SSSR count). The lowest BCUT2D eigenvalue weighted by molar-refractivity contribution is 0.102. The van der Waals surface area contributed by atoms with Gasteiger partial charge in [0.05, 0.1) is 37.0 Å². The number of carbonyl (C=O) groups excluding carboxylic acids is 1. The number of methoxy groups -OCH3 is 2. The fourth-order valence-electron chi connectivity index (χ4n) is 2.90. The third kappa shape index (κ3) is 3.33. The standard InChI is InChI=1S/C18H23N3O4S/c1-18(2,3)21-16(12-9-26(23)10-13(12)20-21)19-17(22)11-6-7-14(24-4)15(8-11)25-5/h6-8H,9-10H2,1-5H3,(H,19,22)/t26-/m0/s1. The first-order valence-electron chi connectivity index (χ1n) is 8.24. The summed E-state index contributed by atoms with van der Waals surface area (Å²) in [6, 6.07) is 4.99. The fraction of sp³-hybridized carbons (Fsp3) is 0.444. The topological polar surface area (TPSA) is 82.5 Å². The molecule has 0 aliphatic carbocycles. The number of nitrogens with one attached hydrogen (secondary N) is 1. The van der Waals surface area contributed by atoms with Gasteiger partial charge in [-0.15, -0.1) is 0 Å². The molecule has 2 heterocycles. The number of fused-ring (bicyclic) bond motifs is 1. The summed E-state index contributed by atoms with van der Waals surface area (Å²) in [5, 5.41) is 7.54. The van der Waals surface area contributed by atoms with Gasteiger partial charge in [0.1, 0.15) is 5.82 Å². The molecule has 1 aromatic heterocycles. The van der Waals surface area contributed by atoms with Crippen LogP contribution in [0.4, 0.5) is 5.82 Å². The molecule has 0 saturated heterocycles. The van der Waals surface area contributed by atoms with Crippen molar-refractivity contribution in [3.05, 3.63) is 35.0 Å². The lowest BCUT2D eigenvalue weighted by atomic mass is 10.1. The molecule has 0 saturated carbocycles. The highest BCUT2D eigenvalue weighted by molar-refractivity contribution is 7.83. The molecule has 1 aromatic carbocycles. The molecule has 140 valence electrons. The third-order valence-corrected chi connectivity index (χ3v) is 5.39. The van der Waals surface area contributed by atoms with Crippen molar-refractivity contribution < 1.29 is 18.5 Å². The highest BCUT2D eigenvalue weighted by Gasteiger charge is 2.31. The number of benzene rings is 1. The SMILES string of the molecule is COc1ccc(C(=O)Nc2c3c(nn2C(C)(C)C)C[S@@](=O)C3)cc1OC. The van der Waals surface area contributed by atoms with E-state index in [0.717, 1.165) is 11.3 Å². The molecule has 0 spiro atoms. The number of carbonyl (C=O) groups is 1. The van der Waals surface area contributed by atoms with Crippen molar-refractivity contribution >= 4 is 22.5 Å². The molecule has 1 aliphatic heterocycles. The lowest BCUT2D eigenvalue weighted by Crippen LogP contribution is -2.27. The van der Waals surface area contributed by atoms with Crippen molar-refractivity contribution in [1.82, 2.24) is 9.78 Å². The van der Waals surface area contributed by atoms with Crippen molar-refractivity contribution in [2.45, 2.75) is 37.8 Å². The maximum absolute atomic E-state index is 12.8. The highest BCUT2D eigenvalue weighted by Crippen LogP contribution is 2.34. The first-order chi connectivity index (χ1) is 12.2. The molecule has 0 bridgehead atoms. The molecule has 26 heavy (non-hydrogen) atoms. The van der Waals surface area contributed by atoms with E-state index < -0.39 is 10.8 Å². The van der Waals surface area contributed by atoms with Crippen LogP contribution in [0.5, 0.6) is 11.5 Å². The molecule has 1 N–H and O–H groups in total. The van der Waals surface area contributed by atoms with Crippen LogP contribution in [0.3, 0.4) is 0 Å². The third-order valence-electron chi connectivity index (χ3n) is 4.18. The lowest BCUT2D eigenvalue weighted by Gasteiger charge is -2.23. The van der Waals surface area contributed by atoms with Gasteiger partial charge in [-0.05, 0) is 39.0 Å². The van der Waals surface area contributed by atoms with Crippen molar-refractivity contribution in [2.75, 3.05) is 19.5 Å². The second kappa shape index (κ2) is 6.75. The number of aromatic nitrogens is 2. The average molecular weight is 377 g/mol. The number of hydrogen-bond acceptors (Lipinski definition) is 5. The van der Waals surface area contributed by atoms with Gasteiger partial charge in [-0.25, -0.2) is 4.68 Å². The van der Waals surface area contributed by atoms with Crippen LogP contribution in [0, 0.1) is 0 Å². The molecule has 1 aliphatic rings. The summed E-state index contributed by atoms with van der Waals surface area (Å²) in [6.45, 7) is 6.04. The number of anilines is 1. The summed E-state index contributed by atoms with van der Waals surface area (Å²) in [5.41, 5.74) is 1.77. The molecule has 1 amide bonds. The minimum Gasteiger partial charge on any atom is -0.493 e. The largest absolute Gasteiger partial charge is 0.493 e. The van der Waals surface area contributed by atoms with E-state index in [-0.39, 0.29) is 11.4 Å². The Morgan fingerprint density at radius 1 is 1.19 bits per heavy atom. The average Bonchev–Trinajstić information content (AvgIpc) is 3.11. The summed E-state index contributed by atoms with van der Waals surface area (Å²) in [4.78, 5) is 12.8. The zero-order valence-electron chi connectivity index (χ0n) is 15.6. The van der Waals surface area contributed by atoms with Gasteiger partial charge in [-0.2, -0.15) is 5.10 Å². The summed E-state index contributed by atoms with van der Waals surface area (Å²) < 4.78 is 24.2. The minimum absolute atomic E-state index is 0.281. The van der Waals surface area contributed by atoms with E-state index >= 15 is 0 Å². The van der Waals surface area contributed by atoms with Crippen LogP contribution in [0.1, 0.15) is 42.4 Å². The Balaban J connectivity index is 1.96. The minimum atomic E-state index is -0.966. The Kier molecular flexibility index (Phi) is 4.79. The number of rotatable bonds is 4. The quantitative estimate of drug-likeness (QED) is 0.886. The maximum atomic E-state index is 12.8. The predicted molar refractivity (Wildman–Crippen MR) is 100 cm³/mol. The van der Waals surface area contributed by atoms with E-state index in [4.69, 9.17) is 9.47 Å². The van der Waals surface area contributed by atoms with Crippen LogP contribution in [0.15, 0.2) is 18.2 Å². The molecule has 2 aromatic rings. The van der Waals surface area contributed by atoms with Crippen molar-refractivity contribution in [2.24, 2.45) is 0 Å². The van der Waals surface area contributed by atoms with Crippen LogP contribution in [-0.2, 0) is 27.8 Å². The Bertz CT molecular complexity index is 883. The highest BCUT2D eigenvalue weighted by atomic mass is 32.2. The van der Waals surface area contributed by atoms with Gasteiger partial charge < -0.3 is 14.8 Å². The van der Waals surface area contributed by atoms with Crippen molar-refractivity contribution in [3.63, 3.8) is 0 Å².